The van der Waals surface area contributed by atoms with E-state index in [-0.39, 0.29) is 5.91 Å². The quantitative estimate of drug-likeness (QED) is 0.547. The van der Waals surface area contributed by atoms with Gasteiger partial charge in [-0.15, -0.1) is 0 Å². The van der Waals surface area contributed by atoms with E-state index in [9.17, 15) is 4.79 Å². The first-order valence-corrected chi connectivity index (χ1v) is 9.63. The summed E-state index contributed by atoms with van der Waals surface area (Å²) in [5.41, 5.74) is 1.55. The van der Waals surface area contributed by atoms with Crippen LogP contribution in [0.4, 0.5) is 0 Å². The third kappa shape index (κ3) is 5.19. The van der Waals surface area contributed by atoms with Crippen LogP contribution >= 0.6 is 31.9 Å². The van der Waals surface area contributed by atoms with Gasteiger partial charge in [0.15, 0.2) is 0 Å². The Morgan fingerprint density at radius 1 is 1.15 bits per heavy atom. The number of rotatable bonds is 7. The van der Waals surface area contributed by atoms with Crippen LogP contribution < -0.4 is 10.1 Å². The fourth-order valence-electron chi connectivity index (χ4n) is 2.37. The Kier molecular flexibility index (Phi) is 6.46. The van der Waals surface area contributed by atoms with Crippen LogP contribution in [0, 0.1) is 0 Å². The van der Waals surface area contributed by atoms with Crippen LogP contribution in [0.3, 0.4) is 0 Å². The van der Waals surface area contributed by atoms with Gasteiger partial charge < -0.3 is 10.1 Å². The molecule has 0 fully saturated rings. The summed E-state index contributed by atoms with van der Waals surface area (Å²) < 4.78 is 9.39. The Bertz CT molecular complexity index is 896. The van der Waals surface area contributed by atoms with E-state index in [0.717, 1.165) is 20.3 Å². The van der Waals surface area contributed by atoms with E-state index in [2.05, 4.69) is 42.3 Å². The second kappa shape index (κ2) is 9.00. The van der Waals surface area contributed by atoms with Crippen molar-refractivity contribution in [3.8, 4) is 5.75 Å². The molecule has 5 nitrogen and oxygen atoms in total. The Morgan fingerprint density at radius 3 is 2.77 bits per heavy atom. The van der Waals surface area contributed by atoms with Crippen molar-refractivity contribution in [1.82, 2.24) is 15.1 Å². The first-order chi connectivity index (χ1) is 12.6. The zero-order chi connectivity index (χ0) is 18.4. The third-order valence-electron chi connectivity index (χ3n) is 3.65. The van der Waals surface area contributed by atoms with Crippen molar-refractivity contribution in [2.45, 2.75) is 13.2 Å². The number of para-hydroxylation sites is 1. The van der Waals surface area contributed by atoms with Crippen molar-refractivity contribution >= 4 is 37.8 Å². The maximum Gasteiger partial charge on any atom is 0.251 e. The highest BCUT2D eigenvalue weighted by atomic mass is 79.9. The number of hydrogen-bond donors (Lipinski definition) is 1. The summed E-state index contributed by atoms with van der Waals surface area (Å²) in [5, 5.41) is 7.06. The molecule has 0 bridgehead atoms. The highest BCUT2D eigenvalue weighted by molar-refractivity contribution is 9.10. The Hall–Kier alpha value is -2.12. The molecule has 1 aromatic heterocycles. The molecule has 1 heterocycles. The Balaban J connectivity index is 1.54. The van der Waals surface area contributed by atoms with Crippen LogP contribution in [0.5, 0.6) is 5.75 Å². The third-order valence-corrected chi connectivity index (χ3v) is 4.71. The molecule has 7 heteroatoms. The van der Waals surface area contributed by atoms with Gasteiger partial charge in [-0.2, -0.15) is 5.10 Å². The van der Waals surface area contributed by atoms with E-state index in [4.69, 9.17) is 4.74 Å². The Labute approximate surface area is 168 Å². The molecule has 0 atom stereocenters. The number of hydrogen-bond acceptors (Lipinski definition) is 3. The summed E-state index contributed by atoms with van der Waals surface area (Å²) in [6.45, 7) is 1.51. The summed E-state index contributed by atoms with van der Waals surface area (Å²) >= 11 is 6.81. The van der Waals surface area contributed by atoms with Gasteiger partial charge in [0.05, 0.1) is 21.7 Å². The number of ether oxygens (including phenoxy) is 1. The molecule has 134 valence electrons. The summed E-state index contributed by atoms with van der Waals surface area (Å²) in [6.07, 6.45) is 3.59. The lowest BCUT2D eigenvalue weighted by Crippen LogP contribution is -2.27. The number of carbonyl (C=O) groups excluding carboxylic acids is 1. The highest BCUT2D eigenvalue weighted by Crippen LogP contribution is 2.24. The van der Waals surface area contributed by atoms with Crippen molar-refractivity contribution in [3.63, 3.8) is 0 Å². The van der Waals surface area contributed by atoms with E-state index in [0.29, 0.717) is 25.3 Å². The minimum atomic E-state index is -0.112. The fraction of sp³-hybridized carbons (Fsp3) is 0.158. The van der Waals surface area contributed by atoms with Gasteiger partial charge in [-0.3, -0.25) is 9.48 Å². The summed E-state index contributed by atoms with van der Waals surface area (Å²) in [6, 6.07) is 15.1. The van der Waals surface area contributed by atoms with Gasteiger partial charge in [0.25, 0.3) is 5.91 Å². The maximum atomic E-state index is 12.3. The normalized spacial score (nSPS) is 10.5. The van der Waals surface area contributed by atoms with Gasteiger partial charge in [0.2, 0.25) is 0 Å². The van der Waals surface area contributed by atoms with Crippen LogP contribution in [-0.4, -0.2) is 22.2 Å². The van der Waals surface area contributed by atoms with Crippen LogP contribution in [-0.2, 0) is 13.2 Å². The monoisotopic (exact) mass is 477 g/mol. The van der Waals surface area contributed by atoms with Crippen molar-refractivity contribution in [2.75, 3.05) is 6.54 Å². The van der Waals surface area contributed by atoms with Crippen LogP contribution in [0.1, 0.15) is 15.9 Å². The molecule has 0 spiro atoms. The van der Waals surface area contributed by atoms with Crippen molar-refractivity contribution in [2.24, 2.45) is 0 Å². The number of nitrogens with zero attached hydrogens (tertiary/aromatic N) is 2. The molecule has 0 aliphatic rings. The number of nitrogens with one attached hydrogen (secondary N) is 1. The molecule has 3 rings (SSSR count). The van der Waals surface area contributed by atoms with Crippen molar-refractivity contribution < 1.29 is 9.53 Å². The lowest BCUT2D eigenvalue weighted by molar-refractivity contribution is 0.0951. The zero-order valence-corrected chi connectivity index (χ0v) is 17.0. The molecule has 0 aliphatic heterocycles. The number of benzene rings is 2. The summed E-state index contributed by atoms with van der Waals surface area (Å²) in [5.74, 6) is 0.659. The number of amides is 1. The summed E-state index contributed by atoms with van der Waals surface area (Å²) in [4.78, 5) is 12.3. The maximum absolute atomic E-state index is 12.3. The lowest BCUT2D eigenvalue weighted by atomic mass is 10.1. The lowest BCUT2D eigenvalue weighted by Gasteiger charge is -2.10. The number of aromatic nitrogens is 2. The molecule has 1 amide bonds. The van der Waals surface area contributed by atoms with Gasteiger partial charge in [0, 0.05) is 18.3 Å². The van der Waals surface area contributed by atoms with Gasteiger partial charge in [0.1, 0.15) is 12.4 Å². The molecule has 0 saturated carbocycles. The van der Waals surface area contributed by atoms with Gasteiger partial charge in [-0.25, -0.2) is 0 Å². The largest absolute Gasteiger partial charge is 0.488 e. The SMILES string of the molecule is O=C(NCCn1cc(Br)cn1)c1cccc(COc2ccccc2Br)c1. The highest BCUT2D eigenvalue weighted by Gasteiger charge is 2.07. The molecule has 1 N–H and O–H groups in total. The standard InChI is InChI=1S/C19H17Br2N3O2/c20-16-11-23-24(12-16)9-8-22-19(25)15-5-3-4-14(10-15)13-26-18-7-2-1-6-17(18)21/h1-7,10-12H,8-9,13H2,(H,22,25). The van der Waals surface area contributed by atoms with Gasteiger partial charge >= 0.3 is 0 Å². The van der Waals surface area contributed by atoms with E-state index in [1.807, 2.05) is 48.7 Å². The second-order valence-electron chi connectivity index (χ2n) is 5.60. The van der Waals surface area contributed by atoms with Crippen molar-refractivity contribution in [3.05, 3.63) is 81.0 Å². The van der Waals surface area contributed by atoms with Crippen LogP contribution in [0.15, 0.2) is 69.9 Å². The van der Waals surface area contributed by atoms with Crippen molar-refractivity contribution in [1.29, 1.82) is 0 Å². The second-order valence-corrected chi connectivity index (χ2v) is 7.37. The van der Waals surface area contributed by atoms with E-state index >= 15 is 0 Å². The fourth-order valence-corrected chi connectivity index (χ4v) is 3.10. The average Bonchev–Trinajstić information content (AvgIpc) is 3.06. The molecule has 26 heavy (non-hydrogen) atoms. The Morgan fingerprint density at radius 2 is 2.00 bits per heavy atom. The molecule has 3 aromatic rings. The zero-order valence-electron chi connectivity index (χ0n) is 13.9. The minimum absolute atomic E-state index is 0.112. The van der Waals surface area contributed by atoms with Gasteiger partial charge in [-0.05, 0) is 61.7 Å². The summed E-state index contributed by atoms with van der Waals surface area (Å²) in [7, 11) is 0. The van der Waals surface area contributed by atoms with Crippen LogP contribution in [0.2, 0.25) is 0 Å². The first-order valence-electron chi connectivity index (χ1n) is 8.04. The van der Waals surface area contributed by atoms with Crippen LogP contribution in [0.25, 0.3) is 0 Å². The number of halogens is 2. The van der Waals surface area contributed by atoms with E-state index < -0.39 is 0 Å². The molecule has 0 radical (unpaired) electrons. The minimum Gasteiger partial charge on any atom is -0.488 e. The molecule has 0 saturated heterocycles. The van der Waals surface area contributed by atoms with E-state index in [1.54, 1.807) is 16.9 Å². The molecular weight excluding hydrogens is 462 g/mol. The predicted octanol–water partition coefficient (Wildman–Crippen LogP) is 4.42. The predicted molar refractivity (Wildman–Crippen MR) is 107 cm³/mol. The topological polar surface area (TPSA) is 56.2 Å². The average molecular weight is 479 g/mol. The molecule has 0 unspecified atom stereocenters. The smallest absolute Gasteiger partial charge is 0.251 e. The molecule has 2 aromatic carbocycles. The molecular formula is C19H17Br2N3O2. The molecule has 0 aliphatic carbocycles. The number of carbonyl (C=O) groups is 1. The van der Waals surface area contributed by atoms with E-state index in [1.165, 1.54) is 0 Å². The van der Waals surface area contributed by atoms with Gasteiger partial charge in [-0.1, -0.05) is 24.3 Å². The first kappa shape index (κ1) is 18.7.